The molecular formula is C7H16N2O4S2. The SMILES string of the molecule is CC1CNCC1NS(=O)(=O)CS(C)(=O)=O. The minimum Gasteiger partial charge on any atom is -0.315 e. The Hall–Kier alpha value is -0.180. The Morgan fingerprint density at radius 2 is 1.87 bits per heavy atom. The van der Waals surface area contributed by atoms with Crippen LogP contribution in [0, 0.1) is 5.92 Å². The van der Waals surface area contributed by atoms with Crippen molar-refractivity contribution in [3.63, 3.8) is 0 Å². The van der Waals surface area contributed by atoms with E-state index in [9.17, 15) is 16.8 Å². The van der Waals surface area contributed by atoms with Crippen LogP contribution in [0.4, 0.5) is 0 Å². The normalized spacial score (nSPS) is 28.1. The van der Waals surface area contributed by atoms with Crippen molar-refractivity contribution >= 4 is 19.9 Å². The van der Waals surface area contributed by atoms with Gasteiger partial charge in [-0.25, -0.2) is 21.6 Å². The molecule has 2 unspecified atom stereocenters. The highest BCUT2D eigenvalue weighted by Gasteiger charge is 2.28. The highest BCUT2D eigenvalue weighted by molar-refractivity contribution is 8.06. The van der Waals surface area contributed by atoms with Gasteiger partial charge in [0.25, 0.3) is 0 Å². The second kappa shape index (κ2) is 4.36. The van der Waals surface area contributed by atoms with Crippen molar-refractivity contribution in [1.82, 2.24) is 10.0 Å². The highest BCUT2D eigenvalue weighted by Crippen LogP contribution is 2.09. The lowest BCUT2D eigenvalue weighted by Crippen LogP contribution is -2.41. The molecule has 0 aromatic rings. The van der Waals surface area contributed by atoms with Gasteiger partial charge in [0.1, 0.15) is 0 Å². The summed E-state index contributed by atoms with van der Waals surface area (Å²) in [6.07, 6.45) is 0.905. The van der Waals surface area contributed by atoms with Gasteiger partial charge in [-0.2, -0.15) is 0 Å². The van der Waals surface area contributed by atoms with E-state index in [0.717, 1.165) is 12.8 Å². The minimum absolute atomic E-state index is 0.180. The van der Waals surface area contributed by atoms with E-state index in [0.29, 0.717) is 6.54 Å². The van der Waals surface area contributed by atoms with E-state index >= 15 is 0 Å². The molecule has 0 bridgehead atoms. The molecular weight excluding hydrogens is 240 g/mol. The zero-order chi connectivity index (χ0) is 11.7. The Morgan fingerprint density at radius 3 is 2.27 bits per heavy atom. The van der Waals surface area contributed by atoms with Crippen LogP contribution >= 0.6 is 0 Å². The zero-order valence-corrected chi connectivity index (χ0v) is 10.4. The molecule has 1 aliphatic heterocycles. The minimum atomic E-state index is -3.73. The molecule has 0 spiro atoms. The zero-order valence-electron chi connectivity index (χ0n) is 8.73. The molecule has 2 atom stereocenters. The predicted octanol–water partition coefficient (Wildman–Crippen LogP) is -1.48. The van der Waals surface area contributed by atoms with Crippen molar-refractivity contribution in [2.75, 3.05) is 24.4 Å². The molecule has 2 N–H and O–H groups in total. The second-order valence-electron chi connectivity index (χ2n) is 4.02. The van der Waals surface area contributed by atoms with Crippen LogP contribution in [0.2, 0.25) is 0 Å². The van der Waals surface area contributed by atoms with Gasteiger partial charge in [-0.05, 0) is 12.5 Å². The first-order chi connectivity index (χ1) is 6.70. The molecule has 0 aliphatic carbocycles. The van der Waals surface area contributed by atoms with Crippen LogP contribution < -0.4 is 10.0 Å². The summed E-state index contributed by atoms with van der Waals surface area (Å²) in [7, 11) is -7.25. The lowest BCUT2D eigenvalue weighted by Gasteiger charge is -2.15. The molecule has 0 saturated carbocycles. The van der Waals surface area contributed by atoms with Gasteiger partial charge >= 0.3 is 0 Å². The van der Waals surface area contributed by atoms with Crippen LogP contribution in [0.3, 0.4) is 0 Å². The van der Waals surface area contributed by atoms with Crippen LogP contribution in [0.1, 0.15) is 6.92 Å². The molecule has 6 nitrogen and oxygen atoms in total. The summed E-state index contributed by atoms with van der Waals surface area (Å²) in [6, 6.07) is -0.211. The number of sulfonamides is 1. The van der Waals surface area contributed by atoms with E-state index in [1.807, 2.05) is 6.92 Å². The first kappa shape index (κ1) is 12.9. The maximum Gasteiger partial charge on any atom is 0.226 e. The smallest absolute Gasteiger partial charge is 0.226 e. The summed E-state index contributed by atoms with van der Waals surface area (Å²) in [5.74, 6) is 0.180. The molecule has 90 valence electrons. The van der Waals surface area contributed by atoms with Gasteiger partial charge in [-0.3, -0.25) is 0 Å². The lowest BCUT2D eigenvalue weighted by atomic mass is 10.1. The number of sulfone groups is 1. The molecule has 8 heteroatoms. The third-order valence-electron chi connectivity index (χ3n) is 2.22. The van der Waals surface area contributed by atoms with Gasteiger partial charge in [0.05, 0.1) is 0 Å². The van der Waals surface area contributed by atoms with E-state index in [1.54, 1.807) is 0 Å². The number of hydrogen-bond donors (Lipinski definition) is 2. The van der Waals surface area contributed by atoms with E-state index in [2.05, 4.69) is 10.0 Å². The molecule has 15 heavy (non-hydrogen) atoms. The number of hydrogen-bond acceptors (Lipinski definition) is 5. The standard InChI is InChI=1S/C7H16N2O4S2/c1-6-3-8-4-7(6)9-15(12,13)5-14(2,10)11/h6-9H,3-5H2,1-2H3. The molecule has 1 aliphatic rings. The molecule has 0 aromatic carbocycles. The van der Waals surface area contributed by atoms with Crippen molar-refractivity contribution in [2.24, 2.45) is 5.92 Å². The van der Waals surface area contributed by atoms with Gasteiger partial charge in [0.2, 0.25) is 10.0 Å². The third-order valence-corrected chi connectivity index (χ3v) is 5.83. The van der Waals surface area contributed by atoms with Crippen LogP contribution in [-0.2, 0) is 19.9 Å². The Kier molecular flexibility index (Phi) is 3.75. The highest BCUT2D eigenvalue weighted by atomic mass is 32.3. The van der Waals surface area contributed by atoms with Crippen molar-refractivity contribution in [2.45, 2.75) is 13.0 Å². The fraction of sp³-hybridized carbons (Fsp3) is 1.00. The maximum atomic E-state index is 11.4. The summed E-state index contributed by atoms with van der Waals surface area (Å²) in [4.78, 5) is 0. The summed E-state index contributed by atoms with van der Waals surface area (Å²) < 4.78 is 47.0. The van der Waals surface area contributed by atoms with E-state index in [4.69, 9.17) is 0 Å². The Bertz CT molecular complexity index is 414. The van der Waals surface area contributed by atoms with Crippen molar-refractivity contribution in [3.8, 4) is 0 Å². The average Bonchev–Trinajstić information content (AvgIpc) is 2.29. The first-order valence-electron chi connectivity index (χ1n) is 4.58. The molecule has 0 amide bonds. The predicted molar refractivity (Wildman–Crippen MR) is 57.6 cm³/mol. The Morgan fingerprint density at radius 1 is 1.27 bits per heavy atom. The van der Waals surface area contributed by atoms with Crippen LogP contribution in [0.15, 0.2) is 0 Å². The molecule has 0 radical (unpaired) electrons. The summed E-state index contributed by atoms with van der Waals surface area (Å²) in [5, 5.41) is 2.19. The maximum absolute atomic E-state index is 11.4. The number of rotatable bonds is 4. The van der Waals surface area contributed by atoms with E-state index < -0.39 is 24.9 Å². The van der Waals surface area contributed by atoms with Gasteiger partial charge in [0.15, 0.2) is 14.9 Å². The molecule has 1 fully saturated rings. The fourth-order valence-corrected chi connectivity index (χ4v) is 4.82. The summed E-state index contributed by atoms with van der Waals surface area (Å²) >= 11 is 0. The average molecular weight is 256 g/mol. The van der Waals surface area contributed by atoms with Crippen molar-refractivity contribution in [1.29, 1.82) is 0 Å². The van der Waals surface area contributed by atoms with Gasteiger partial charge in [-0.1, -0.05) is 6.92 Å². The topological polar surface area (TPSA) is 92.3 Å². The monoisotopic (exact) mass is 256 g/mol. The molecule has 1 rings (SSSR count). The first-order valence-corrected chi connectivity index (χ1v) is 8.29. The number of nitrogens with one attached hydrogen (secondary N) is 2. The molecule has 1 saturated heterocycles. The van der Waals surface area contributed by atoms with Gasteiger partial charge in [-0.15, -0.1) is 0 Å². The summed E-state index contributed by atoms with van der Waals surface area (Å²) in [5.41, 5.74) is 0. The van der Waals surface area contributed by atoms with Gasteiger partial charge < -0.3 is 5.32 Å². The second-order valence-corrected chi connectivity index (χ2v) is 8.28. The fourth-order valence-electron chi connectivity index (χ4n) is 1.51. The quantitative estimate of drug-likeness (QED) is 0.640. The Balaban J connectivity index is 2.64. The molecule has 1 heterocycles. The lowest BCUT2D eigenvalue weighted by molar-refractivity contribution is 0.504. The van der Waals surface area contributed by atoms with Crippen LogP contribution in [0.25, 0.3) is 0 Å². The Labute approximate surface area is 90.4 Å². The third kappa shape index (κ3) is 4.45. The van der Waals surface area contributed by atoms with Crippen LogP contribution in [-0.4, -0.2) is 47.3 Å². The van der Waals surface area contributed by atoms with Gasteiger partial charge in [0, 0.05) is 18.8 Å². The van der Waals surface area contributed by atoms with Crippen LogP contribution in [0.5, 0.6) is 0 Å². The van der Waals surface area contributed by atoms with Crippen molar-refractivity contribution < 1.29 is 16.8 Å². The molecule has 0 aromatic heterocycles. The largest absolute Gasteiger partial charge is 0.315 e. The van der Waals surface area contributed by atoms with E-state index in [-0.39, 0.29) is 12.0 Å². The van der Waals surface area contributed by atoms with E-state index in [1.165, 1.54) is 0 Å². The van der Waals surface area contributed by atoms with Crippen molar-refractivity contribution in [3.05, 3.63) is 0 Å². The summed E-state index contributed by atoms with van der Waals surface area (Å²) in [6.45, 7) is 3.20.